The van der Waals surface area contributed by atoms with Gasteiger partial charge in [-0.25, -0.2) is 0 Å². The molecule has 2 aromatic rings. The summed E-state index contributed by atoms with van der Waals surface area (Å²) in [4.78, 5) is 0. The molecule has 0 aromatic heterocycles. The minimum Gasteiger partial charge on any atom is 0 e. The Hall–Kier alpha value is -2.34. The van der Waals surface area contributed by atoms with Crippen LogP contribution in [0.2, 0.25) is 0 Å². The Morgan fingerprint density at radius 1 is 0.632 bits per heavy atom. The fraction of sp³-hybridized carbons (Fsp3) is 0.276. The Labute approximate surface area is 240 Å². The van der Waals surface area contributed by atoms with E-state index in [1.165, 1.54) is 27.9 Å². The molecule has 2 aromatic carbocycles. The summed E-state index contributed by atoms with van der Waals surface area (Å²) in [7, 11) is -0.901. The number of hydrogen-bond donors (Lipinski definition) is 0. The van der Waals surface area contributed by atoms with Crippen LogP contribution in [0.3, 0.4) is 0 Å². The van der Waals surface area contributed by atoms with Crippen LogP contribution >= 0.6 is 8.15 Å². The summed E-state index contributed by atoms with van der Waals surface area (Å²) in [6, 6.07) is 20.8. The molecule has 1 saturated heterocycles. The molecule has 0 radical (unpaired) electrons. The van der Waals surface area contributed by atoms with E-state index in [2.05, 4.69) is 110 Å². The second-order valence-electron chi connectivity index (χ2n) is 7.65. The van der Waals surface area contributed by atoms with Gasteiger partial charge in [0.2, 0.25) is 0 Å². The van der Waals surface area contributed by atoms with Crippen LogP contribution in [0.25, 0.3) is 0 Å². The molecule has 9 heteroatoms. The average Bonchev–Trinajstić information content (AvgIpc) is 3.52. The van der Waals surface area contributed by atoms with E-state index in [1.807, 2.05) is 18.2 Å². The van der Waals surface area contributed by atoms with Crippen molar-refractivity contribution in [1.82, 2.24) is 0 Å². The van der Waals surface area contributed by atoms with E-state index >= 15 is 0 Å². The number of benzene rings is 2. The Morgan fingerprint density at radius 2 is 0.974 bits per heavy atom. The van der Waals surface area contributed by atoms with E-state index < -0.39 is 8.15 Å². The van der Waals surface area contributed by atoms with Crippen molar-refractivity contribution in [2.75, 3.05) is 0 Å². The molecule has 1 aliphatic heterocycles. The van der Waals surface area contributed by atoms with Crippen molar-refractivity contribution < 1.29 is 53.6 Å². The molecule has 1 aliphatic carbocycles. The minimum atomic E-state index is -0.901. The number of hydrogen-bond acceptors (Lipinski definition) is 2. The molecular weight excluding hydrogens is 675 g/mol. The van der Waals surface area contributed by atoms with Crippen molar-refractivity contribution in [2.45, 2.75) is 51.9 Å². The molecule has 3 atom stereocenters. The van der Waals surface area contributed by atoms with E-state index in [0.717, 1.165) is 5.56 Å². The fourth-order valence-electron chi connectivity index (χ4n) is 4.18. The zero-order valence-corrected chi connectivity index (χ0v) is 25.5. The molecule has 0 amide bonds. The van der Waals surface area contributed by atoms with Gasteiger partial charge in [-0.05, 0) is 51.3 Å². The Bertz CT molecular complexity index is 1070. The summed E-state index contributed by atoms with van der Waals surface area (Å²) in [6.07, 6.45) is -0.318. The first kappa shape index (κ1) is 40.2. The van der Waals surface area contributed by atoms with Crippen LogP contribution in [0.5, 0.6) is 0 Å². The van der Waals surface area contributed by atoms with Crippen LogP contribution in [0.15, 0.2) is 83.0 Å². The van der Waals surface area contributed by atoms with E-state index in [0.29, 0.717) is 0 Å². The fourth-order valence-corrected chi connectivity index (χ4v) is 7.01. The third-order valence-electron chi connectivity index (χ3n) is 6.42. The van der Waals surface area contributed by atoms with Crippen molar-refractivity contribution in [3.05, 3.63) is 127 Å². The van der Waals surface area contributed by atoms with Gasteiger partial charge < -0.3 is 9.26 Å². The Morgan fingerprint density at radius 3 is 1.34 bits per heavy atom. The third-order valence-corrected chi connectivity index (χ3v) is 9.24. The predicted octanol–water partition coefficient (Wildman–Crippen LogP) is 7.08. The minimum absolute atomic E-state index is 0. The van der Waals surface area contributed by atoms with Crippen LogP contribution in [-0.4, -0.2) is 5.16 Å². The van der Waals surface area contributed by atoms with Crippen molar-refractivity contribution in [2.24, 2.45) is 0 Å². The first-order valence-electron chi connectivity index (χ1n) is 10.5. The monoisotopic (exact) mass is 702 g/mol. The number of allylic oxidation sites excluding steroid dienone is 4. The molecular formula is C29H27O7PW. The normalized spacial score (nSPS) is 19.8. The van der Waals surface area contributed by atoms with Gasteiger partial charge in [0.05, 0.1) is 13.3 Å². The quantitative estimate of drug-likeness (QED) is 0.193. The van der Waals surface area contributed by atoms with Crippen molar-refractivity contribution >= 4 is 8.15 Å². The molecule has 1 heterocycles. The maximum absolute atomic E-state index is 7.50. The number of rotatable bonds is 3. The molecule has 38 heavy (non-hydrogen) atoms. The molecule has 7 nitrogen and oxygen atoms in total. The Balaban J connectivity index is -0.00000100. The van der Waals surface area contributed by atoms with Gasteiger partial charge >= 0.3 is 56.5 Å². The maximum Gasteiger partial charge on any atom is 0 e. The second-order valence-corrected chi connectivity index (χ2v) is 9.87. The molecule has 196 valence electrons. The molecule has 0 unspecified atom stereocenters. The van der Waals surface area contributed by atoms with E-state index in [4.69, 9.17) is 32.5 Å². The van der Waals surface area contributed by atoms with Crippen molar-refractivity contribution in [3.63, 3.8) is 0 Å². The average molecular weight is 702 g/mol. The van der Waals surface area contributed by atoms with Gasteiger partial charge in [-0.3, -0.25) is 0 Å². The summed E-state index contributed by atoms with van der Waals surface area (Å²) >= 11 is 0. The van der Waals surface area contributed by atoms with Crippen LogP contribution in [0.1, 0.15) is 57.9 Å². The molecule has 0 N–H and O–H groups in total. The van der Waals surface area contributed by atoms with E-state index in [1.54, 1.807) is 0 Å². The molecule has 0 saturated carbocycles. The van der Waals surface area contributed by atoms with E-state index in [9.17, 15) is 0 Å². The smallest absolute Gasteiger partial charge is 0 e. The summed E-state index contributed by atoms with van der Waals surface area (Å²) in [5, 5.41) is -0.104. The molecule has 2 aliphatic rings. The molecule has 0 spiro atoms. The SMILES string of the molecule is CC1=C(C)C(C)([P@]2O[C@@H](c3ccccc3)O[C@H]2c2ccccc2)C(C)=C1C.[C-]#[O+].[C-]#[O+].[C-]#[O+].[C-]#[O+].[C-]#[O+].[W]. The maximum atomic E-state index is 7.50. The van der Waals surface area contributed by atoms with Crippen LogP contribution in [0.4, 0.5) is 0 Å². The topological polar surface area (TPSA) is 118 Å². The van der Waals surface area contributed by atoms with Gasteiger partial charge in [0.15, 0.2) is 6.29 Å². The van der Waals surface area contributed by atoms with Crippen LogP contribution in [0, 0.1) is 33.3 Å². The summed E-state index contributed by atoms with van der Waals surface area (Å²) in [5.41, 5.74) is 7.92. The summed E-state index contributed by atoms with van der Waals surface area (Å²) in [5.74, 6) is -0.0417. The molecule has 4 rings (SSSR count). The van der Waals surface area contributed by atoms with Gasteiger partial charge in [0, 0.05) is 26.6 Å². The van der Waals surface area contributed by atoms with Gasteiger partial charge in [-0.1, -0.05) is 71.8 Å². The molecule has 1 fully saturated rings. The van der Waals surface area contributed by atoms with Crippen LogP contribution < -0.4 is 0 Å². The summed E-state index contributed by atoms with van der Waals surface area (Å²) < 4.78 is 50.8. The second kappa shape index (κ2) is 21.6. The van der Waals surface area contributed by atoms with Gasteiger partial charge in [-0.15, -0.1) is 0 Å². The van der Waals surface area contributed by atoms with Crippen LogP contribution in [-0.2, 0) is 53.6 Å². The third kappa shape index (κ3) is 8.86. The van der Waals surface area contributed by atoms with E-state index in [-0.39, 0.29) is 38.4 Å². The summed E-state index contributed by atoms with van der Waals surface area (Å²) in [6.45, 7) is 33.8. The van der Waals surface area contributed by atoms with Gasteiger partial charge in [0.25, 0.3) is 0 Å². The van der Waals surface area contributed by atoms with Gasteiger partial charge in [0.1, 0.15) is 5.85 Å². The zero-order valence-electron chi connectivity index (χ0n) is 21.6. The predicted molar refractivity (Wildman–Crippen MR) is 132 cm³/mol. The first-order chi connectivity index (χ1) is 17.9. The van der Waals surface area contributed by atoms with Gasteiger partial charge in [-0.2, -0.15) is 0 Å². The number of ether oxygens (including phenoxy) is 1. The molecule has 0 bridgehead atoms. The standard InChI is InChI=1S/C24H27O2P.5CO.W/c1-16-17(2)19(4)24(5,18(16)3)27-23(21-14-10-7-11-15-21)25-22(26-27)20-12-8-6-9-13-20;5*1-2;/h6-15,22-23H,1-5H3;;;;;;/t22-,23+,27+;;;;;;/m0....../s1. The largest absolute Gasteiger partial charge is 0 e. The Kier molecular flexibility index (Phi) is 22.8. The van der Waals surface area contributed by atoms with Crippen molar-refractivity contribution in [3.8, 4) is 0 Å². The zero-order chi connectivity index (χ0) is 29.2. The first-order valence-corrected chi connectivity index (χ1v) is 11.9. The van der Waals surface area contributed by atoms with Crippen molar-refractivity contribution in [1.29, 1.82) is 0 Å².